The second kappa shape index (κ2) is 6.86. The van der Waals surface area contributed by atoms with Crippen molar-refractivity contribution in [2.45, 2.75) is 39.7 Å². The van der Waals surface area contributed by atoms with Gasteiger partial charge in [0.15, 0.2) is 5.13 Å². The highest BCUT2D eigenvalue weighted by molar-refractivity contribution is 7.15. The van der Waals surface area contributed by atoms with Crippen LogP contribution in [0.3, 0.4) is 0 Å². The van der Waals surface area contributed by atoms with Gasteiger partial charge in [0.2, 0.25) is 0 Å². The topological polar surface area (TPSA) is 28.2 Å². The molecule has 0 saturated heterocycles. The second-order valence-corrected chi connectivity index (χ2v) is 5.23. The number of nitrogens with zero attached hydrogens (tertiary/aromatic N) is 2. The number of aryl methyl sites for hydroxylation is 1. The summed E-state index contributed by atoms with van der Waals surface area (Å²) in [6, 6.07) is 0. The Morgan fingerprint density at radius 2 is 2.12 bits per heavy atom. The lowest BCUT2D eigenvalue weighted by molar-refractivity contribution is 0.704. The van der Waals surface area contributed by atoms with Crippen LogP contribution in [0.5, 0.6) is 0 Å². The van der Waals surface area contributed by atoms with E-state index < -0.39 is 0 Å². The van der Waals surface area contributed by atoms with Crippen LogP contribution < -0.4 is 10.2 Å². The van der Waals surface area contributed by atoms with Gasteiger partial charge < -0.3 is 10.2 Å². The average Bonchev–Trinajstić information content (AvgIpc) is 2.61. The number of anilines is 1. The summed E-state index contributed by atoms with van der Waals surface area (Å²) in [5.74, 6) is 0. The van der Waals surface area contributed by atoms with Gasteiger partial charge in [-0.25, -0.2) is 4.98 Å². The summed E-state index contributed by atoms with van der Waals surface area (Å²) < 4.78 is 0. The van der Waals surface area contributed by atoms with Crippen LogP contribution in [0, 0.1) is 6.92 Å². The number of aromatic nitrogens is 1. The standard InChI is InChI=1S/C12H23N3S/c1-5-6-7-8-15(4)12-14-10(2)11(16-12)9-13-3/h13H,5-9H2,1-4H3. The van der Waals surface area contributed by atoms with E-state index in [2.05, 4.69) is 36.1 Å². The third-order valence-electron chi connectivity index (χ3n) is 2.64. The van der Waals surface area contributed by atoms with E-state index >= 15 is 0 Å². The number of unbranched alkanes of at least 4 members (excludes halogenated alkanes) is 2. The van der Waals surface area contributed by atoms with Crippen LogP contribution in [-0.4, -0.2) is 25.6 Å². The molecule has 0 unspecified atom stereocenters. The zero-order chi connectivity index (χ0) is 12.0. The smallest absolute Gasteiger partial charge is 0.185 e. The normalized spacial score (nSPS) is 10.8. The Morgan fingerprint density at radius 3 is 2.75 bits per heavy atom. The fraction of sp³-hybridized carbons (Fsp3) is 0.750. The van der Waals surface area contributed by atoms with Crippen LogP contribution in [0.15, 0.2) is 0 Å². The van der Waals surface area contributed by atoms with Crippen LogP contribution >= 0.6 is 11.3 Å². The zero-order valence-corrected chi connectivity index (χ0v) is 11.7. The summed E-state index contributed by atoms with van der Waals surface area (Å²) >= 11 is 1.80. The minimum atomic E-state index is 0.923. The van der Waals surface area contributed by atoms with Crippen LogP contribution in [-0.2, 0) is 6.54 Å². The molecule has 0 bridgehead atoms. The first-order chi connectivity index (χ1) is 7.69. The molecule has 0 radical (unpaired) electrons. The molecule has 0 aliphatic heterocycles. The highest BCUT2D eigenvalue weighted by Crippen LogP contribution is 2.25. The van der Waals surface area contributed by atoms with E-state index in [1.54, 1.807) is 11.3 Å². The molecule has 3 nitrogen and oxygen atoms in total. The SMILES string of the molecule is CCCCCN(C)c1nc(C)c(CNC)s1. The lowest BCUT2D eigenvalue weighted by Crippen LogP contribution is -2.18. The summed E-state index contributed by atoms with van der Waals surface area (Å²) in [4.78, 5) is 8.23. The first-order valence-electron chi connectivity index (χ1n) is 6.01. The van der Waals surface area contributed by atoms with Gasteiger partial charge in [-0.15, -0.1) is 11.3 Å². The van der Waals surface area contributed by atoms with Gasteiger partial charge in [0.1, 0.15) is 0 Å². The monoisotopic (exact) mass is 241 g/mol. The van der Waals surface area contributed by atoms with Gasteiger partial charge in [0.05, 0.1) is 5.69 Å². The fourth-order valence-electron chi connectivity index (χ4n) is 1.60. The molecule has 1 heterocycles. The molecule has 16 heavy (non-hydrogen) atoms. The molecule has 0 spiro atoms. The Hall–Kier alpha value is -0.610. The molecule has 4 heteroatoms. The van der Waals surface area contributed by atoms with E-state index in [0.717, 1.165) is 23.9 Å². The lowest BCUT2D eigenvalue weighted by Gasteiger charge is -2.14. The van der Waals surface area contributed by atoms with Crippen LogP contribution in [0.1, 0.15) is 36.8 Å². The molecule has 0 fully saturated rings. The van der Waals surface area contributed by atoms with E-state index in [1.165, 1.54) is 24.1 Å². The van der Waals surface area contributed by atoms with Gasteiger partial charge >= 0.3 is 0 Å². The predicted molar refractivity (Wildman–Crippen MR) is 72.4 cm³/mol. The van der Waals surface area contributed by atoms with Gasteiger partial charge in [-0.05, 0) is 20.4 Å². The van der Waals surface area contributed by atoms with E-state index in [9.17, 15) is 0 Å². The van der Waals surface area contributed by atoms with Crippen molar-refractivity contribution in [1.82, 2.24) is 10.3 Å². The predicted octanol–water partition coefficient (Wildman–Crippen LogP) is 2.80. The number of nitrogens with one attached hydrogen (secondary N) is 1. The van der Waals surface area contributed by atoms with Gasteiger partial charge in [-0.1, -0.05) is 19.8 Å². The van der Waals surface area contributed by atoms with Crippen LogP contribution in [0.25, 0.3) is 0 Å². The summed E-state index contributed by atoms with van der Waals surface area (Å²) in [5, 5.41) is 4.33. The molecule has 1 rings (SSSR count). The number of hydrogen-bond donors (Lipinski definition) is 1. The van der Waals surface area contributed by atoms with Crippen molar-refractivity contribution in [3.63, 3.8) is 0 Å². The van der Waals surface area contributed by atoms with Crippen LogP contribution in [0.4, 0.5) is 5.13 Å². The van der Waals surface area contributed by atoms with Crippen molar-refractivity contribution < 1.29 is 0 Å². The summed E-state index contributed by atoms with van der Waals surface area (Å²) in [6.07, 6.45) is 3.83. The molecule has 0 aliphatic carbocycles. The van der Waals surface area contributed by atoms with Crippen molar-refractivity contribution in [3.8, 4) is 0 Å². The summed E-state index contributed by atoms with van der Waals surface area (Å²) in [5.41, 5.74) is 1.16. The van der Waals surface area contributed by atoms with E-state index in [0.29, 0.717) is 0 Å². The van der Waals surface area contributed by atoms with Gasteiger partial charge in [0, 0.05) is 25.0 Å². The lowest BCUT2D eigenvalue weighted by atomic mass is 10.2. The summed E-state index contributed by atoms with van der Waals surface area (Å²) in [6.45, 7) is 6.36. The second-order valence-electron chi connectivity index (χ2n) is 4.16. The first kappa shape index (κ1) is 13.5. The minimum Gasteiger partial charge on any atom is -0.351 e. The Bertz CT molecular complexity index is 309. The number of thiazole rings is 1. The first-order valence-corrected chi connectivity index (χ1v) is 6.82. The fourth-order valence-corrected chi connectivity index (χ4v) is 2.66. The van der Waals surface area contributed by atoms with Crippen molar-refractivity contribution in [2.75, 3.05) is 25.5 Å². The largest absolute Gasteiger partial charge is 0.351 e. The van der Waals surface area contributed by atoms with Gasteiger partial charge in [-0.3, -0.25) is 0 Å². The molecule has 1 N–H and O–H groups in total. The molecular weight excluding hydrogens is 218 g/mol. The Balaban J connectivity index is 2.54. The van der Waals surface area contributed by atoms with Crippen molar-refractivity contribution >= 4 is 16.5 Å². The Labute approximate surface area is 103 Å². The average molecular weight is 241 g/mol. The summed E-state index contributed by atoms with van der Waals surface area (Å²) in [7, 11) is 4.11. The maximum Gasteiger partial charge on any atom is 0.185 e. The molecule has 0 atom stereocenters. The van der Waals surface area contributed by atoms with Crippen molar-refractivity contribution in [3.05, 3.63) is 10.6 Å². The highest BCUT2D eigenvalue weighted by Gasteiger charge is 2.09. The molecule has 0 amide bonds. The third kappa shape index (κ3) is 3.76. The molecule has 0 saturated carbocycles. The quantitative estimate of drug-likeness (QED) is 0.744. The van der Waals surface area contributed by atoms with Gasteiger partial charge in [0.25, 0.3) is 0 Å². The molecule has 1 aromatic rings. The number of rotatable bonds is 7. The molecule has 1 aromatic heterocycles. The molecule has 92 valence electrons. The van der Waals surface area contributed by atoms with Crippen molar-refractivity contribution in [2.24, 2.45) is 0 Å². The molecular formula is C12H23N3S. The maximum atomic E-state index is 4.61. The highest BCUT2D eigenvalue weighted by atomic mass is 32.1. The van der Waals surface area contributed by atoms with E-state index in [-0.39, 0.29) is 0 Å². The maximum absolute atomic E-state index is 4.61. The number of hydrogen-bond acceptors (Lipinski definition) is 4. The van der Waals surface area contributed by atoms with Gasteiger partial charge in [-0.2, -0.15) is 0 Å². The van der Waals surface area contributed by atoms with E-state index in [4.69, 9.17) is 0 Å². The zero-order valence-electron chi connectivity index (χ0n) is 10.8. The third-order valence-corrected chi connectivity index (χ3v) is 3.91. The Kier molecular flexibility index (Phi) is 5.77. The minimum absolute atomic E-state index is 0.923. The molecule has 0 aromatic carbocycles. The van der Waals surface area contributed by atoms with E-state index in [1.807, 2.05) is 7.05 Å². The Morgan fingerprint density at radius 1 is 1.38 bits per heavy atom. The molecule has 0 aliphatic rings. The van der Waals surface area contributed by atoms with Crippen LogP contribution in [0.2, 0.25) is 0 Å². The van der Waals surface area contributed by atoms with Crippen molar-refractivity contribution in [1.29, 1.82) is 0 Å².